The minimum Gasteiger partial charge on any atom is -0.495 e. The maximum absolute atomic E-state index is 5.94. The number of methoxy groups -OCH3 is 1. The molecule has 1 fully saturated rings. The summed E-state index contributed by atoms with van der Waals surface area (Å²) in [5.74, 6) is 0.768. The SMILES string of the molecule is COc1cc(CN2CCC2)ccc1Cl. The monoisotopic (exact) mass is 211 g/mol. The van der Waals surface area contributed by atoms with E-state index < -0.39 is 0 Å². The largest absolute Gasteiger partial charge is 0.495 e. The number of hydrogen-bond donors (Lipinski definition) is 0. The second-order valence-electron chi connectivity index (χ2n) is 3.60. The van der Waals surface area contributed by atoms with Crippen molar-refractivity contribution in [1.82, 2.24) is 4.90 Å². The van der Waals surface area contributed by atoms with E-state index >= 15 is 0 Å². The van der Waals surface area contributed by atoms with Gasteiger partial charge in [0.2, 0.25) is 0 Å². The van der Waals surface area contributed by atoms with Crippen LogP contribution in [-0.4, -0.2) is 25.1 Å². The lowest BCUT2D eigenvalue weighted by Gasteiger charge is -2.30. The van der Waals surface area contributed by atoms with Crippen LogP contribution >= 0.6 is 11.6 Å². The molecule has 0 bridgehead atoms. The Morgan fingerprint density at radius 3 is 2.79 bits per heavy atom. The zero-order valence-electron chi connectivity index (χ0n) is 8.29. The van der Waals surface area contributed by atoms with E-state index in [1.807, 2.05) is 12.1 Å². The van der Waals surface area contributed by atoms with Crippen LogP contribution < -0.4 is 4.74 Å². The van der Waals surface area contributed by atoms with Crippen molar-refractivity contribution in [3.8, 4) is 5.75 Å². The van der Waals surface area contributed by atoms with Gasteiger partial charge in [-0.2, -0.15) is 0 Å². The zero-order valence-corrected chi connectivity index (χ0v) is 9.05. The molecule has 0 atom stereocenters. The Balaban J connectivity index is 2.09. The lowest BCUT2D eigenvalue weighted by atomic mass is 10.1. The van der Waals surface area contributed by atoms with Crippen LogP contribution in [-0.2, 0) is 6.54 Å². The Bertz CT molecular complexity index is 323. The molecule has 2 nitrogen and oxygen atoms in total. The van der Waals surface area contributed by atoms with E-state index in [0.29, 0.717) is 5.02 Å². The van der Waals surface area contributed by atoms with Crippen molar-refractivity contribution >= 4 is 11.6 Å². The van der Waals surface area contributed by atoms with Gasteiger partial charge < -0.3 is 4.74 Å². The summed E-state index contributed by atoms with van der Waals surface area (Å²) < 4.78 is 5.17. The highest BCUT2D eigenvalue weighted by Gasteiger charge is 2.14. The van der Waals surface area contributed by atoms with Crippen LogP contribution in [0.15, 0.2) is 18.2 Å². The maximum Gasteiger partial charge on any atom is 0.137 e. The molecule has 0 spiro atoms. The predicted octanol–water partition coefficient (Wildman–Crippen LogP) is 2.55. The number of nitrogens with zero attached hydrogens (tertiary/aromatic N) is 1. The fraction of sp³-hybridized carbons (Fsp3) is 0.455. The van der Waals surface area contributed by atoms with Crippen LogP contribution in [0.2, 0.25) is 5.02 Å². The highest BCUT2D eigenvalue weighted by atomic mass is 35.5. The van der Waals surface area contributed by atoms with Crippen LogP contribution in [0, 0.1) is 0 Å². The van der Waals surface area contributed by atoms with Crippen molar-refractivity contribution in [1.29, 1.82) is 0 Å². The topological polar surface area (TPSA) is 12.5 Å². The molecule has 1 aliphatic heterocycles. The Kier molecular flexibility index (Phi) is 2.94. The fourth-order valence-corrected chi connectivity index (χ4v) is 1.80. The molecule has 0 saturated carbocycles. The Hall–Kier alpha value is -0.730. The molecule has 0 aliphatic carbocycles. The van der Waals surface area contributed by atoms with Gasteiger partial charge in [-0.15, -0.1) is 0 Å². The van der Waals surface area contributed by atoms with Crippen LogP contribution in [0.5, 0.6) is 5.75 Å². The summed E-state index contributed by atoms with van der Waals surface area (Å²) in [5, 5.41) is 0.680. The maximum atomic E-state index is 5.94. The second kappa shape index (κ2) is 4.20. The third kappa shape index (κ3) is 2.02. The summed E-state index contributed by atoms with van der Waals surface area (Å²) in [6.07, 6.45) is 1.32. The molecular formula is C11H14ClNO. The number of rotatable bonds is 3. The average Bonchev–Trinajstić information content (AvgIpc) is 2.14. The standard InChI is InChI=1S/C11H14ClNO/c1-14-11-7-9(3-4-10(11)12)8-13-5-2-6-13/h3-4,7H,2,5-6,8H2,1H3. The van der Waals surface area contributed by atoms with Gasteiger partial charge >= 0.3 is 0 Å². The van der Waals surface area contributed by atoms with Crippen molar-refractivity contribution in [2.24, 2.45) is 0 Å². The van der Waals surface area contributed by atoms with Gasteiger partial charge in [-0.25, -0.2) is 0 Å². The fourth-order valence-electron chi connectivity index (χ4n) is 1.60. The molecule has 0 radical (unpaired) electrons. The quantitative estimate of drug-likeness (QED) is 0.762. The first-order chi connectivity index (χ1) is 6.79. The van der Waals surface area contributed by atoms with Crippen molar-refractivity contribution < 1.29 is 4.74 Å². The van der Waals surface area contributed by atoms with Gasteiger partial charge in [0, 0.05) is 6.54 Å². The summed E-state index contributed by atoms with van der Waals surface area (Å²) in [4.78, 5) is 2.41. The van der Waals surface area contributed by atoms with Crippen LogP contribution in [0.4, 0.5) is 0 Å². The highest BCUT2D eigenvalue weighted by Crippen LogP contribution is 2.26. The molecule has 14 heavy (non-hydrogen) atoms. The summed E-state index contributed by atoms with van der Waals surface area (Å²) >= 11 is 5.94. The average molecular weight is 212 g/mol. The van der Waals surface area contributed by atoms with Crippen LogP contribution in [0.1, 0.15) is 12.0 Å². The van der Waals surface area contributed by atoms with Crippen molar-refractivity contribution in [3.05, 3.63) is 28.8 Å². The summed E-state index contributed by atoms with van der Waals surface area (Å²) in [6.45, 7) is 3.43. The molecule has 76 valence electrons. The van der Waals surface area contributed by atoms with E-state index in [0.717, 1.165) is 12.3 Å². The predicted molar refractivity (Wildman–Crippen MR) is 57.9 cm³/mol. The van der Waals surface area contributed by atoms with E-state index in [2.05, 4.69) is 11.0 Å². The molecular weight excluding hydrogens is 198 g/mol. The number of ether oxygens (including phenoxy) is 1. The molecule has 1 aliphatic rings. The Morgan fingerprint density at radius 1 is 1.43 bits per heavy atom. The molecule has 1 heterocycles. The first-order valence-corrected chi connectivity index (χ1v) is 5.22. The molecule has 0 unspecified atom stereocenters. The first-order valence-electron chi connectivity index (χ1n) is 4.84. The van der Waals surface area contributed by atoms with Gasteiger partial charge in [0.25, 0.3) is 0 Å². The van der Waals surface area contributed by atoms with Crippen molar-refractivity contribution in [2.45, 2.75) is 13.0 Å². The smallest absolute Gasteiger partial charge is 0.137 e. The zero-order chi connectivity index (χ0) is 9.97. The molecule has 3 heteroatoms. The van der Waals surface area contributed by atoms with Gasteiger partial charge in [-0.05, 0) is 37.2 Å². The first kappa shape index (κ1) is 9.81. The van der Waals surface area contributed by atoms with E-state index in [4.69, 9.17) is 16.3 Å². The van der Waals surface area contributed by atoms with Gasteiger partial charge in [0.15, 0.2) is 0 Å². The summed E-state index contributed by atoms with van der Waals surface area (Å²) in [5.41, 5.74) is 1.27. The van der Waals surface area contributed by atoms with Crippen molar-refractivity contribution in [2.75, 3.05) is 20.2 Å². The lowest BCUT2D eigenvalue weighted by molar-refractivity contribution is 0.172. The van der Waals surface area contributed by atoms with Crippen LogP contribution in [0.3, 0.4) is 0 Å². The van der Waals surface area contributed by atoms with E-state index in [9.17, 15) is 0 Å². The third-order valence-corrected chi connectivity index (χ3v) is 2.88. The molecule has 1 aromatic rings. The molecule has 0 N–H and O–H groups in total. The van der Waals surface area contributed by atoms with E-state index in [1.165, 1.54) is 25.1 Å². The number of halogens is 1. The molecule has 1 saturated heterocycles. The minimum atomic E-state index is 0.680. The Morgan fingerprint density at radius 2 is 2.21 bits per heavy atom. The second-order valence-corrected chi connectivity index (χ2v) is 4.01. The number of hydrogen-bond acceptors (Lipinski definition) is 2. The molecule has 2 rings (SSSR count). The van der Waals surface area contributed by atoms with Crippen molar-refractivity contribution in [3.63, 3.8) is 0 Å². The normalized spacial score (nSPS) is 16.4. The summed E-state index contributed by atoms with van der Waals surface area (Å²) in [7, 11) is 1.65. The van der Waals surface area contributed by atoms with Crippen LogP contribution in [0.25, 0.3) is 0 Å². The van der Waals surface area contributed by atoms with Gasteiger partial charge in [0.05, 0.1) is 12.1 Å². The minimum absolute atomic E-state index is 0.680. The number of benzene rings is 1. The van der Waals surface area contributed by atoms with E-state index in [1.54, 1.807) is 7.11 Å². The Labute approximate surface area is 89.4 Å². The van der Waals surface area contributed by atoms with E-state index in [-0.39, 0.29) is 0 Å². The molecule has 1 aromatic carbocycles. The summed E-state index contributed by atoms with van der Waals surface area (Å²) in [6, 6.07) is 5.97. The lowest BCUT2D eigenvalue weighted by Crippen LogP contribution is -2.36. The highest BCUT2D eigenvalue weighted by molar-refractivity contribution is 6.32. The molecule has 0 amide bonds. The number of likely N-dealkylation sites (tertiary alicyclic amines) is 1. The molecule has 0 aromatic heterocycles. The third-order valence-electron chi connectivity index (χ3n) is 2.57. The van der Waals surface area contributed by atoms with Gasteiger partial charge in [-0.1, -0.05) is 17.7 Å². The van der Waals surface area contributed by atoms with Gasteiger partial charge in [-0.3, -0.25) is 4.90 Å². The van der Waals surface area contributed by atoms with Gasteiger partial charge in [0.1, 0.15) is 5.75 Å².